The molecule has 128 valence electrons. The van der Waals surface area contributed by atoms with Gasteiger partial charge in [-0.3, -0.25) is 4.79 Å². The Balaban J connectivity index is 1.51. The highest BCUT2D eigenvalue weighted by Crippen LogP contribution is 2.29. The van der Waals surface area contributed by atoms with Crippen molar-refractivity contribution < 1.29 is 9.32 Å². The number of thioether (sulfide) groups is 1. The smallest absolute Gasteiger partial charge is 0.255 e. The lowest BCUT2D eigenvalue weighted by Crippen LogP contribution is -2.35. The van der Waals surface area contributed by atoms with Crippen LogP contribution in [0.2, 0.25) is 0 Å². The Labute approximate surface area is 154 Å². The fourth-order valence-corrected chi connectivity index (χ4v) is 4.68. The van der Waals surface area contributed by atoms with Crippen molar-refractivity contribution >= 4 is 29.0 Å². The van der Waals surface area contributed by atoms with Gasteiger partial charge in [-0.1, -0.05) is 17.3 Å². The topological polar surface area (TPSA) is 59.2 Å². The zero-order valence-corrected chi connectivity index (χ0v) is 15.4. The van der Waals surface area contributed by atoms with E-state index in [2.05, 4.69) is 21.6 Å². The van der Waals surface area contributed by atoms with Gasteiger partial charge in [0, 0.05) is 29.8 Å². The third-order valence-corrected chi connectivity index (χ3v) is 6.23. The van der Waals surface area contributed by atoms with Crippen molar-refractivity contribution in [3.05, 3.63) is 63.4 Å². The van der Waals surface area contributed by atoms with E-state index in [1.165, 1.54) is 10.4 Å². The van der Waals surface area contributed by atoms with Gasteiger partial charge in [0.2, 0.25) is 5.89 Å². The molecular formula is C18H17N3O2S2. The van der Waals surface area contributed by atoms with Crippen LogP contribution in [0, 0.1) is 6.92 Å². The standard InChI is InChI=1S/C18H17N3O2S2/c1-12-19-17(20-23-12)11-25-16-5-3-2-4-14(16)18(22)21-8-6-15-13(10-21)7-9-24-15/h2-5,7,9H,6,8,10-11H2,1H3. The molecule has 0 saturated carbocycles. The van der Waals surface area contributed by atoms with Crippen LogP contribution in [-0.4, -0.2) is 27.5 Å². The van der Waals surface area contributed by atoms with Gasteiger partial charge in [0.25, 0.3) is 5.91 Å². The summed E-state index contributed by atoms with van der Waals surface area (Å²) in [4.78, 5) is 21.5. The highest BCUT2D eigenvalue weighted by Gasteiger charge is 2.24. The third-order valence-electron chi connectivity index (χ3n) is 4.14. The molecule has 3 aromatic rings. The molecule has 0 bridgehead atoms. The number of fused-ring (bicyclic) bond motifs is 1. The summed E-state index contributed by atoms with van der Waals surface area (Å²) in [7, 11) is 0. The molecule has 1 aliphatic heterocycles. The molecule has 1 aromatic carbocycles. The number of hydrogen-bond donors (Lipinski definition) is 0. The van der Waals surface area contributed by atoms with Crippen LogP contribution >= 0.6 is 23.1 Å². The van der Waals surface area contributed by atoms with E-state index in [-0.39, 0.29) is 5.91 Å². The Morgan fingerprint density at radius 3 is 3.08 bits per heavy atom. The quantitative estimate of drug-likeness (QED) is 0.650. The van der Waals surface area contributed by atoms with Crippen molar-refractivity contribution in [3.8, 4) is 0 Å². The molecule has 4 rings (SSSR count). The molecule has 1 aliphatic rings. The summed E-state index contributed by atoms with van der Waals surface area (Å²) >= 11 is 3.34. The van der Waals surface area contributed by atoms with E-state index in [0.717, 1.165) is 23.4 Å². The van der Waals surface area contributed by atoms with Crippen LogP contribution in [0.5, 0.6) is 0 Å². The lowest BCUT2D eigenvalue weighted by atomic mass is 10.1. The first-order valence-corrected chi connectivity index (χ1v) is 9.93. The van der Waals surface area contributed by atoms with Gasteiger partial charge in [-0.15, -0.1) is 23.1 Å². The van der Waals surface area contributed by atoms with Crippen LogP contribution < -0.4 is 0 Å². The molecule has 2 aromatic heterocycles. The normalized spacial score (nSPS) is 13.7. The van der Waals surface area contributed by atoms with E-state index in [9.17, 15) is 4.79 Å². The van der Waals surface area contributed by atoms with Crippen LogP contribution in [0.1, 0.15) is 32.5 Å². The van der Waals surface area contributed by atoms with E-state index in [1.807, 2.05) is 29.2 Å². The maximum Gasteiger partial charge on any atom is 0.255 e. The molecule has 0 spiro atoms. The number of nitrogens with zero attached hydrogens (tertiary/aromatic N) is 3. The van der Waals surface area contributed by atoms with E-state index >= 15 is 0 Å². The number of thiophene rings is 1. The second-order valence-electron chi connectivity index (χ2n) is 5.86. The van der Waals surface area contributed by atoms with Gasteiger partial charge in [-0.25, -0.2) is 0 Å². The number of benzene rings is 1. The molecule has 0 radical (unpaired) electrons. The molecule has 3 heterocycles. The fourth-order valence-electron chi connectivity index (χ4n) is 2.90. The molecule has 7 heteroatoms. The van der Waals surface area contributed by atoms with Gasteiger partial charge < -0.3 is 9.42 Å². The van der Waals surface area contributed by atoms with Crippen molar-refractivity contribution in [3.63, 3.8) is 0 Å². The van der Waals surface area contributed by atoms with E-state index in [0.29, 0.717) is 24.0 Å². The lowest BCUT2D eigenvalue weighted by Gasteiger charge is -2.27. The predicted molar refractivity (Wildman–Crippen MR) is 97.8 cm³/mol. The summed E-state index contributed by atoms with van der Waals surface area (Å²) in [5.41, 5.74) is 2.02. The maximum atomic E-state index is 13.0. The van der Waals surface area contributed by atoms with Crippen molar-refractivity contribution in [1.29, 1.82) is 0 Å². The van der Waals surface area contributed by atoms with Crippen molar-refractivity contribution in [2.24, 2.45) is 0 Å². The second-order valence-corrected chi connectivity index (χ2v) is 7.88. The first kappa shape index (κ1) is 16.4. The number of aryl methyl sites for hydroxylation is 1. The molecule has 0 aliphatic carbocycles. The molecule has 0 fully saturated rings. The van der Waals surface area contributed by atoms with E-state index < -0.39 is 0 Å². The number of hydrogen-bond acceptors (Lipinski definition) is 6. The Morgan fingerprint density at radius 2 is 2.24 bits per heavy atom. The Morgan fingerprint density at radius 1 is 1.36 bits per heavy atom. The largest absolute Gasteiger partial charge is 0.340 e. The Hall–Kier alpha value is -2.12. The van der Waals surface area contributed by atoms with Gasteiger partial charge in [-0.2, -0.15) is 4.98 Å². The van der Waals surface area contributed by atoms with Crippen LogP contribution in [0.25, 0.3) is 0 Å². The minimum absolute atomic E-state index is 0.0873. The van der Waals surface area contributed by atoms with Gasteiger partial charge in [0.1, 0.15) is 0 Å². The predicted octanol–water partition coefficient (Wildman–Crippen LogP) is 3.93. The summed E-state index contributed by atoms with van der Waals surface area (Å²) in [6.45, 7) is 3.24. The fraction of sp³-hybridized carbons (Fsp3) is 0.278. The zero-order valence-electron chi connectivity index (χ0n) is 13.8. The number of amides is 1. The highest BCUT2D eigenvalue weighted by atomic mass is 32.2. The summed E-state index contributed by atoms with van der Waals surface area (Å²) in [5.74, 6) is 1.87. The number of rotatable bonds is 4. The van der Waals surface area contributed by atoms with Crippen molar-refractivity contribution in [2.45, 2.75) is 30.5 Å². The van der Waals surface area contributed by atoms with Crippen LogP contribution in [0.3, 0.4) is 0 Å². The zero-order chi connectivity index (χ0) is 17.2. The van der Waals surface area contributed by atoms with Crippen LogP contribution in [0.15, 0.2) is 45.1 Å². The first-order chi connectivity index (χ1) is 12.2. The summed E-state index contributed by atoms with van der Waals surface area (Å²) < 4.78 is 5.00. The molecule has 0 saturated heterocycles. The Kier molecular flexibility index (Phi) is 4.59. The molecule has 25 heavy (non-hydrogen) atoms. The second kappa shape index (κ2) is 7.01. The molecule has 5 nitrogen and oxygen atoms in total. The third kappa shape index (κ3) is 3.48. The van der Waals surface area contributed by atoms with Crippen molar-refractivity contribution in [1.82, 2.24) is 15.0 Å². The minimum Gasteiger partial charge on any atom is -0.340 e. The maximum absolute atomic E-state index is 13.0. The minimum atomic E-state index is 0.0873. The lowest BCUT2D eigenvalue weighted by molar-refractivity contribution is 0.0732. The highest BCUT2D eigenvalue weighted by molar-refractivity contribution is 7.98. The molecule has 0 N–H and O–H groups in total. The van der Waals surface area contributed by atoms with Gasteiger partial charge in [-0.05, 0) is 35.6 Å². The van der Waals surface area contributed by atoms with Crippen molar-refractivity contribution in [2.75, 3.05) is 6.54 Å². The van der Waals surface area contributed by atoms with Gasteiger partial charge in [0.05, 0.1) is 11.3 Å². The molecular weight excluding hydrogens is 354 g/mol. The Bertz CT molecular complexity index is 903. The average Bonchev–Trinajstić information content (AvgIpc) is 3.27. The average molecular weight is 371 g/mol. The first-order valence-electron chi connectivity index (χ1n) is 8.06. The van der Waals surface area contributed by atoms with Gasteiger partial charge >= 0.3 is 0 Å². The monoisotopic (exact) mass is 371 g/mol. The molecule has 0 atom stereocenters. The number of carbonyl (C=O) groups excluding carboxylic acids is 1. The summed E-state index contributed by atoms with van der Waals surface area (Å²) in [6.07, 6.45) is 0.941. The number of aromatic nitrogens is 2. The van der Waals surface area contributed by atoms with E-state index in [4.69, 9.17) is 4.52 Å². The summed E-state index contributed by atoms with van der Waals surface area (Å²) in [6, 6.07) is 9.86. The molecule has 1 amide bonds. The van der Waals surface area contributed by atoms with Crippen LogP contribution in [0.4, 0.5) is 0 Å². The summed E-state index contributed by atoms with van der Waals surface area (Å²) in [5, 5.41) is 6.02. The SMILES string of the molecule is Cc1nc(CSc2ccccc2C(=O)N2CCc3sccc3C2)no1. The number of carbonyl (C=O) groups is 1. The molecule has 0 unspecified atom stereocenters. The van der Waals surface area contributed by atoms with Gasteiger partial charge in [0.15, 0.2) is 5.82 Å². The van der Waals surface area contributed by atoms with E-state index in [1.54, 1.807) is 30.0 Å². The van der Waals surface area contributed by atoms with Crippen LogP contribution in [-0.2, 0) is 18.7 Å².